The van der Waals surface area contributed by atoms with E-state index >= 15 is 0 Å². The largest absolute Gasteiger partial charge is 0.361 e. The number of rotatable bonds is 2. The van der Waals surface area contributed by atoms with E-state index in [1.54, 1.807) is 30.3 Å². The van der Waals surface area contributed by atoms with Gasteiger partial charge >= 0.3 is 5.71 Å². The van der Waals surface area contributed by atoms with Gasteiger partial charge in [0.1, 0.15) is 0 Å². The van der Waals surface area contributed by atoms with Gasteiger partial charge < -0.3 is 5.53 Å². The third-order valence-electron chi connectivity index (χ3n) is 5.59. The highest BCUT2D eigenvalue weighted by Crippen LogP contribution is 2.36. The molecule has 2 aromatic rings. The van der Waals surface area contributed by atoms with E-state index in [4.69, 9.17) is 5.53 Å². The lowest BCUT2D eigenvalue weighted by Gasteiger charge is -2.24. The summed E-state index contributed by atoms with van der Waals surface area (Å²) >= 11 is 0. The summed E-state index contributed by atoms with van der Waals surface area (Å²) in [4.78, 5) is 26.8. The summed E-state index contributed by atoms with van der Waals surface area (Å²) in [6.45, 7) is 11.6. The third-order valence-corrected chi connectivity index (χ3v) is 8.23. The normalized spacial score (nSPS) is 16.3. The number of nitrogens with zero attached hydrogens (tertiary/aromatic N) is 2. The Morgan fingerprint density at radius 3 is 1.95 bits per heavy atom. The summed E-state index contributed by atoms with van der Waals surface area (Å²) in [5.41, 5.74) is 11.0. The van der Waals surface area contributed by atoms with E-state index in [0.717, 1.165) is 6.26 Å². The molecule has 37 heavy (non-hydrogen) atoms. The summed E-state index contributed by atoms with van der Waals surface area (Å²) in [6, 6.07) is 11.4. The number of hydrogen-bond acceptors (Lipinski definition) is 6. The van der Waals surface area contributed by atoms with Crippen molar-refractivity contribution < 1.29 is 31.2 Å². The SMILES string of the molecule is C=C1CC(S(C)(=O)=O)c2ccccc2C1=O.CC.CC.CS(=O)(=O)c1cccc2c1CCC(=[N+]=[N-])C2=O. The topological polar surface area (TPSA) is 139 Å². The van der Waals surface area contributed by atoms with Gasteiger partial charge in [0.25, 0.3) is 5.78 Å². The lowest BCUT2D eigenvalue weighted by molar-refractivity contribution is -0.00947. The van der Waals surface area contributed by atoms with Gasteiger partial charge in [-0.2, -0.15) is 4.79 Å². The first-order valence-electron chi connectivity index (χ1n) is 11.9. The Hall–Kier alpha value is -3.20. The second kappa shape index (κ2) is 13.4. The maximum Gasteiger partial charge on any atom is 0.339 e. The van der Waals surface area contributed by atoms with Crippen LogP contribution in [0.1, 0.15) is 77.6 Å². The molecular formula is C27H34N2O6S2. The van der Waals surface area contributed by atoms with Crippen molar-refractivity contribution in [2.45, 2.75) is 57.1 Å². The molecule has 0 fully saturated rings. The van der Waals surface area contributed by atoms with Gasteiger partial charge in [0.15, 0.2) is 25.5 Å². The molecule has 1 atom stereocenters. The van der Waals surface area contributed by atoms with Crippen LogP contribution < -0.4 is 0 Å². The predicted molar refractivity (Wildman–Crippen MR) is 146 cm³/mol. The molecule has 0 spiro atoms. The number of benzene rings is 2. The van der Waals surface area contributed by atoms with Gasteiger partial charge in [0.05, 0.1) is 16.6 Å². The van der Waals surface area contributed by atoms with Gasteiger partial charge in [-0.15, -0.1) is 0 Å². The van der Waals surface area contributed by atoms with E-state index < -0.39 is 30.7 Å². The molecule has 10 heteroatoms. The first kappa shape index (κ1) is 31.8. The Labute approximate surface area is 219 Å². The summed E-state index contributed by atoms with van der Waals surface area (Å²) < 4.78 is 46.4. The molecule has 8 nitrogen and oxygen atoms in total. The minimum absolute atomic E-state index is 0.0724. The van der Waals surface area contributed by atoms with Crippen LogP contribution in [0.3, 0.4) is 0 Å². The molecule has 0 bridgehead atoms. The molecule has 0 amide bonds. The van der Waals surface area contributed by atoms with Gasteiger partial charge in [-0.05, 0) is 35.6 Å². The fourth-order valence-corrected chi connectivity index (χ4v) is 6.13. The van der Waals surface area contributed by atoms with Crippen molar-refractivity contribution in [2.24, 2.45) is 0 Å². The Morgan fingerprint density at radius 2 is 1.41 bits per heavy atom. The summed E-state index contributed by atoms with van der Waals surface area (Å²) in [5, 5.41) is -0.631. The van der Waals surface area contributed by atoms with E-state index in [1.807, 2.05) is 27.7 Å². The van der Waals surface area contributed by atoms with Crippen LogP contribution in [0, 0.1) is 0 Å². The van der Waals surface area contributed by atoms with E-state index in [9.17, 15) is 26.4 Å². The summed E-state index contributed by atoms with van der Waals surface area (Å²) in [6.07, 6.45) is 3.16. The van der Waals surface area contributed by atoms with Crippen LogP contribution in [0.5, 0.6) is 0 Å². The number of carbonyl (C=O) groups excluding carboxylic acids is 2. The van der Waals surface area contributed by atoms with E-state index in [-0.39, 0.29) is 29.2 Å². The molecule has 0 aliphatic heterocycles. The van der Waals surface area contributed by atoms with Crippen molar-refractivity contribution in [3.8, 4) is 0 Å². The van der Waals surface area contributed by atoms with Crippen LogP contribution in [0.15, 0.2) is 59.5 Å². The molecule has 0 aromatic heterocycles. The van der Waals surface area contributed by atoms with Crippen molar-refractivity contribution in [3.63, 3.8) is 0 Å². The maximum atomic E-state index is 11.8. The fourth-order valence-electron chi connectivity index (χ4n) is 3.97. The van der Waals surface area contributed by atoms with E-state index in [1.165, 1.54) is 18.4 Å². The Kier molecular flexibility index (Phi) is 11.5. The molecule has 0 radical (unpaired) electrons. The first-order chi connectivity index (χ1) is 17.4. The number of Topliss-reactive ketones (excluding diaryl/α,β-unsaturated/α-hetero) is 2. The van der Waals surface area contributed by atoms with Crippen LogP contribution in [-0.4, -0.2) is 51.4 Å². The van der Waals surface area contributed by atoms with Crippen molar-refractivity contribution in [2.75, 3.05) is 12.5 Å². The molecule has 2 aliphatic rings. The van der Waals surface area contributed by atoms with Crippen molar-refractivity contribution in [1.82, 2.24) is 0 Å². The maximum absolute atomic E-state index is 11.8. The molecule has 1 unspecified atom stereocenters. The van der Waals surface area contributed by atoms with Crippen LogP contribution in [0.25, 0.3) is 5.53 Å². The zero-order chi connectivity index (χ0) is 28.6. The second-order valence-electron chi connectivity index (χ2n) is 7.97. The molecule has 2 aromatic carbocycles. The number of hydrogen-bond donors (Lipinski definition) is 0. The number of carbonyl (C=O) groups is 2. The summed E-state index contributed by atoms with van der Waals surface area (Å²) in [5.74, 6) is -0.547. The highest BCUT2D eigenvalue weighted by atomic mass is 32.2. The number of allylic oxidation sites excluding steroid dienone is 1. The zero-order valence-corrected chi connectivity index (χ0v) is 23.7. The fraction of sp³-hybridized carbons (Fsp3) is 0.370. The van der Waals surface area contributed by atoms with Crippen LogP contribution in [0.4, 0.5) is 0 Å². The highest BCUT2D eigenvalue weighted by Gasteiger charge is 2.34. The lowest BCUT2D eigenvalue weighted by atomic mass is 9.87. The quantitative estimate of drug-likeness (QED) is 0.299. The predicted octanol–water partition coefficient (Wildman–Crippen LogP) is 4.86. The first-order valence-corrected chi connectivity index (χ1v) is 15.8. The van der Waals surface area contributed by atoms with Gasteiger partial charge in [-0.3, -0.25) is 9.59 Å². The van der Waals surface area contributed by atoms with Gasteiger partial charge in [0, 0.05) is 23.6 Å². The molecular weight excluding hydrogens is 512 g/mol. The highest BCUT2D eigenvalue weighted by molar-refractivity contribution is 7.91. The smallest absolute Gasteiger partial charge is 0.339 e. The Balaban J connectivity index is 0.000000327. The van der Waals surface area contributed by atoms with E-state index in [2.05, 4.69) is 11.4 Å². The molecule has 4 rings (SSSR count). The number of fused-ring (bicyclic) bond motifs is 2. The molecule has 0 saturated heterocycles. The molecule has 0 heterocycles. The van der Waals surface area contributed by atoms with Crippen molar-refractivity contribution >= 4 is 37.0 Å². The second-order valence-corrected chi connectivity index (χ2v) is 12.2. The van der Waals surface area contributed by atoms with E-state index in [0.29, 0.717) is 34.2 Å². The average molecular weight is 547 g/mol. The van der Waals surface area contributed by atoms with Crippen molar-refractivity contribution in [1.29, 1.82) is 0 Å². The minimum atomic E-state index is -3.35. The van der Waals surface area contributed by atoms with Gasteiger partial charge in [-0.1, -0.05) is 70.7 Å². The monoisotopic (exact) mass is 546 g/mol. The number of sulfone groups is 2. The molecule has 2 aliphatic carbocycles. The number of ketones is 2. The molecule has 0 N–H and O–H groups in total. The molecule has 200 valence electrons. The standard InChI is InChI=1S/C12H12O3S.C11H10N2O3S.2C2H6/c1-8-7-11(16(2,14)15)9-5-3-4-6-10(9)12(8)13;1-17(15,16)10-4-2-3-8-7(10)5-6-9(13-12)11(8)14;2*1-2/h3-6,11H,1,7H2,2H3;2-4H,5-6H2,1H3;2*1-2H3. The lowest BCUT2D eigenvalue weighted by Crippen LogP contribution is -2.25. The Bertz CT molecular complexity index is 1450. The van der Waals surface area contributed by atoms with Crippen molar-refractivity contribution in [3.05, 3.63) is 82.4 Å². The minimum Gasteiger partial charge on any atom is -0.361 e. The van der Waals surface area contributed by atoms with Crippen LogP contribution in [0.2, 0.25) is 0 Å². The third kappa shape index (κ3) is 7.41. The molecule has 0 saturated carbocycles. The average Bonchev–Trinajstić information content (AvgIpc) is 2.88. The van der Waals surface area contributed by atoms with Gasteiger partial charge in [0.2, 0.25) is 0 Å². The van der Waals surface area contributed by atoms with Crippen LogP contribution in [-0.2, 0) is 26.1 Å². The van der Waals surface area contributed by atoms with Crippen LogP contribution >= 0.6 is 0 Å². The van der Waals surface area contributed by atoms with Gasteiger partial charge in [-0.25, -0.2) is 16.8 Å². The summed E-state index contributed by atoms with van der Waals surface area (Å²) in [7, 11) is -6.56. The zero-order valence-electron chi connectivity index (χ0n) is 22.1. The Morgan fingerprint density at radius 1 is 0.838 bits per heavy atom.